The summed E-state index contributed by atoms with van der Waals surface area (Å²) in [6.45, 7) is 2.27. The molecule has 0 radical (unpaired) electrons. The number of carbonyl (C=O) groups excluding carboxylic acids is 1. The topological polar surface area (TPSA) is 68.0 Å². The molecule has 1 aliphatic rings. The van der Waals surface area contributed by atoms with Crippen LogP contribution in [0.1, 0.15) is 64.5 Å². The molecule has 4 rings (SSSR count). The zero-order valence-electron chi connectivity index (χ0n) is 16.6. The lowest BCUT2D eigenvalue weighted by molar-refractivity contribution is 0.0959. The fourth-order valence-electron chi connectivity index (χ4n) is 4.11. The lowest BCUT2D eigenvalue weighted by atomic mass is 9.84. The molecule has 1 saturated carbocycles. The second-order valence-electron chi connectivity index (χ2n) is 7.84. The number of carbonyl (C=O) groups is 1. The second kappa shape index (κ2) is 8.49. The van der Waals surface area contributed by atoms with Gasteiger partial charge in [-0.1, -0.05) is 31.4 Å². The fraction of sp³-hybridized carbons (Fsp3) is 0.391. The van der Waals surface area contributed by atoms with Gasteiger partial charge in [-0.05, 0) is 61.4 Å². The standard InChI is InChI=1S/C23H26FN3OS/c1-14-7-10-18-20(25)21(29-23(18)27-14)22(28)26-12-11-16-8-9-17(13-19(16)24)15-5-3-2-4-6-15/h7-10,13,15H,2-6,11-12,25H2,1H3,(H,26,28). The molecule has 2 heterocycles. The minimum Gasteiger partial charge on any atom is -0.397 e. The minimum absolute atomic E-state index is 0.177. The van der Waals surface area contributed by atoms with Crippen LogP contribution in [0.15, 0.2) is 30.3 Å². The molecule has 4 nitrogen and oxygen atoms in total. The SMILES string of the molecule is Cc1ccc2c(N)c(C(=O)NCCc3ccc(C4CCCCC4)cc3F)sc2n1. The number of aromatic nitrogens is 1. The molecule has 0 atom stereocenters. The molecule has 6 heteroatoms. The summed E-state index contributed by atoms with van der Waals surface area (Å²) >= 11 is 1.29. The van der Waals surface area contributed by atoms with Gasteiger partial charge >= 0.3 is 0 Å². The van der Waals surface area contributed by atoms with Crippen LogP contribution in [0.2, 0.25) is 0 Å². The summed E-state index contributed by atoms with van der Waals surface area (Å²) in [5, 5.41) is 3.67. The summed E-state index contributed by atoms with van der Waals surface area (Å²) in [4.78, 5) is 18.2. The van der Waals surface area contributed by atoms with E-state index in [4.69, 9.17) is 5.73 Å². The number of amides is 1. The molecule has 152 valence electrons. The number of nitrogens with one attached hydrogen (secondary N) is 1. The van der Waals surface area contributed by atoms with Gasteiger partial charge < -0.3 is 11.1 Å². The normalized spacial score (nSPS) is 15.0. The van der Waals surface area contributed by atoms with Gasteiger partial charge in [-0.2, -0.15) is 0 Å². The van der Waals surface area contributed by atoms with Crippen LogP contribution in [-0.2, 0) is 6.42 Å². The van der Waals surface area contributed by atoms with E-state index in [1.807, 2.05) is 31.2 Å². The Morgan fingerprint density at radius 2 is 2.03 bits per heavy atom. The molecule has 29 heavy (non-hydrogen) atoms. The predicted molar refractivity (Wildman–Crippen MR) is 117 cm³/mol. The molecule has 2 aromatic heterocycles. The maximum absolute atomic E-state index is 14.6. The van der Waals surface area contributed by atoms with Gasteiger partial charge in [0.1, 0.15) is 15.5 Å². The van der Waals surface area contributed by atoms with E-state index in [1.165, 1.54) is 30.6 Å². The first kappa shape index (κ1) is 19.8. The van der Waals surface area contributed by atoms with Crippen molar-refractivity contribution < 1.29 is 9.18 Å². The van der Waals surface area contributed by atoms with E-state index in [2.05, 4.69) is 10.3 Å². The van der Waals surface area contributed by atoms with Crippen molar-refractivity contribution in [2.75, 3.05) is 12.3 Å². The zero-order chi connectivity index (χ0) is 20.4. The number of nitrogens with zero attached hydrogens (tertiary/aromatic N) is 1. The molecule has 0 aliphatic heterocycles. The van der Waals surface area contributed by atoms with Crippen LogP contribution in [0.25, 0.3) is 10.2 Å². The number of fused-ring (bicyclic) bond motifs is 1. The molecule has 0 saturated heterocycles. The highest BCUT2D eigenvalue weighted by molar-refractivity contribution is 7.21. The average molecular weight is 412 g/mol. The van der Waals surface area contributed by atoms with Gasteiger partial charge in [0, 0.05) is 17.6 Å². The molecule has 1 amide bonds. The molecule has 1 aromatic carbocycles. The number of halogens is 1. The molecule has 0 bridgehead atoms. The Hall–Kier alpha value is -2.47. The van der Waals surface area contributed by atoms with Crippen LogP contribution in [0, 0.1) is 12.7 Å². The second-order valence-corrected chi connectivity index (χ2v) is 8.84. The van der Waals surface area contributed by atoms with Crippen molar-refractivity contribution in [3.05, 3.63) is 57.8 Å². The molecule has 1 aliphatic carbocycles. The van der Waals surface area contributed by atoms with E-state index in [9.17, 15) is 9.18 Å². The monoisotopic (exact) mass is 411 g/mol. The molecule has 0 spiro atoms. The first-order valence-corrected chi connectivity index (χ1v) is 11.1. The van der Waals surface area contributed by atoms with E-state index in [1.54, 1.807) is 6.07 Å². The summed E-state index contributed by atoms with van der Waals surface area (Å²) in [6, 6.07) is 9.38. The number of hydrogen-bond donors (Lipinski definition) is 2. The van der Waals surface area contributed by atoms with Crippen molar-refractivity contribution >= 4 is 33.1 Å². The highest BCUT2D eigenvalue weighted by Crippen LogP contribution is 2.34. The number of nitrogen functional groups attached to an aromatic ring is 1. The number of anilines is 1. The number of aryl methyl sites for hydroxylation is 1. The lowest BCUT2D eigenvalue weighted by Gasteiger charge is -2.22. The maximum Gasteiger partial charge on any atom is 0.263 e. The number of nitrogens with two attached hydrogens (primary N) is 1. The Labute approximate surface area is 174 Å². The summed E-state index contributed by atoms with van der Waals surface area (Å²) in [6.07, 6.45) is 6.51. The van der Waals surface area contributed by atoms with Crippen molar-refractivity contribution in [2.24, 2.45) is 0 Å². The van der Waals surface area contributed by atoms with Gasteiger partial charge in [0.05, 0.1) is 5.69 Å². The van der Waals surface area contributed by atoms with Crippen LogP contribution in [0.5, 0.6) is 0 Å². The zero-order valence-corrected chi connectivity index (χ0v) is 17.4. The number of thiophene rings is 1. The molecular formula is C23H26FN3OS. The number of benzene rings is 1. The van der Waals surface area contributed by atoms with E-state index < -0.39 is 0 Å². The third-order valence-corrected chi connectivity index (χ3v) is 6.89. The van der Waals surface area contributed by atoms with Crippen molar-refractivity contribution in [1.29, 1.82) is 0 Å². The first-order valence-electron chi connectivity index (χ1n) is 10.2. The number of pyridine rings is 1. The number of hydrogen-bond acceptors (Lipinski definition) is 4. The summed E-state index contributed by atoms with van der Waals surface area (Å²) in [5.74, 6) is 0.0749. The van der Waals surface area contributed by atoms with E-state index in [0.717, 1.165) is 34.3 Å². The van der Waals surface area contributed by atoms with E-state index in [0.29, 0.717) is 35.0 Å². The van der Waals surface area contributed by atoms with Gasteiger partial charge in [0.15, 0.2) is 0 Å². The van der Waals surface area contributed by atoms with Crippen LogP contribution >= 0.6 is 11.3 Å². The largest absolute Gasteiger partial charge is 0.397 e. The van der Waals surface area contributed by atoms with Gasteiger partial charge in [-0.15, -0.1) is 11.3 Å². The van der Waals surface area contributed by atoms with Gasteiger partial charge in [-0.25, -0.2) is 9.37 Å². The van der Waals surface area contributed by atoms with Gasteiger partial charge in [-0.3, -0.25) is 4.79 Å². The molecule has 0 unspecified atom stereocenters. The van der Waals surface area contributed by atoms with Crippen LogP contribution in [0.4, 0.5) is 10.1 Å². The Kier molecular flexibility index (Phi) is 5.81. The average Bonchev–Trinajstić information content (AvgIpc) is 3.05. The molecular weight excluding hydrogens is 385 g/mol. The van der Waals surface area contributed by atoms with Crippen LogP contribution in [0.3, 0.4) is 0 Å². The predicted octanol–water partition coefficient (Wildman–Crippen LogP) is 5.35. The quantitative estimate of drug-likeness (QED) is 0.595. The van der Waals surface area contributed by atoms with Gasteiger partial charge in [0.2, 0.25) is 0 Å². The van der Waals surface area contributed by atoms with Gasteiger partial charge in [0.25, 0.3) is 5.91 Å². The van der Waals surface area contributed by atoms with Crippen LogP contribution in [-0.4, -0.2) is 17.4 Å². The smallest absolute Gasteiger partial charge is 0.263 e. The third-order valence-electron chi connectivity index (χ3n) is 5.77. The maximum atomic E-state index is 14.6. The Bertz CT molecular complexity index is 1040. The Morgan fingerprint density at radius 3 is 2.79 bits per heavy atom. The Morgan fingerprint density at radius 1 is 1.24 bits per heavy atom. The third kappa shape index (κ3) is 4.27. The highest BCUT2D eigenvalue weighted by Gasteiger charge is 2.18. The van der Waals surface area contributed by atoms with Crippen molar-refractivity contribution in [1.82, 2.24) is 10.3 Å². The summed E-state index contributed by atoms with van der Waals surface area (Å²) < 4.78 is 14.6. The highest BCUT2D eigenvalue weighted by atomic mass is 32.1. The van der Waals surface area contributed by atoms with E-state index in [-0.39, 0.29) is 11.7 Å². The lowest BCUT2D eigenvalue weighted by Crippen LogP contribution is -2.25. The number of rotatable bonds is 5. The fourth-order valence-corrected chi connectivity index (χ4v) is 5.16. The molecule has 1 fully saturated rings. The summed E-state index contributed by atoms with van der Waals surface area (Å²) in [5.41, 5.74) is 9.22. The van der Waals surface area contributed by atoms with Crippen molar-refractivity contribution in [3.63, 3.8) is 0 Å². The first-order chi connectivity index (χ1) is 14.0. The molecule has 3 N–H and O–H groups in total. The molecule has 3 aromatic rings. The van der Waals surface area contributed by atoms with Crippen molar-refractivity contribution in [3.8, 4) is 0 Å². The summed E-state index contributed by atoms with van der Waals surface area (Å²) in [7, 11) is 0. The van der Waals surface area contributed by atoms with Crippen LogP contribution < -0.4 is 11.1 Å². The minimum atomic E-state index is -0.234. The van der Waals surface area contributed by atoms with Crippen molar-refractivity contribution in [2.45, 2.75) is 51.4 Å². The Balaban J connectivity index is 1.38. The van der Waals surface area contributed by atoms with E-state index >= 15 is 0 Å².